The summed E-state index contributed by atoms with van der Waals surface area (Å²) in [6.07, 6.45) is 4.49. The minimum atomic E-state index is 0.116. The number of anilines is 1. The van der Waals surface area contributed by atoms with Gasteiger partial charge in [0.05, 0.1) is 5.69 Å². The molecule has 0 bridgehead atoms. The summed E-state index contributed by atoms with van der Waals surface area (Å²) < 4.78 is 0. The number of rotatable bonds is 2. The summed E-state index contributed by atoms with van der Waals surface area (Å²) in [7, 11) is 1.85. The van der Waals surface area contributed by atoms with Gasteiger partial charge in [0.2, 0.25) is 5.95 Å². The SMILES string of the molecule is CN1Cc2cc(-c3nc(N4CCC4)nc4c3CCC4)ccc2C1=O. The van der Waals surface area contributed by atoms with Crippen molar-refractivity contribution < 1.29 is 4.79 Å². The summed E-state index contributed by atoms with van der Waals surface area (Å²) in [6.45, 7) is 2.80. The van der Waals surface area contributed by atoms with E-state index >= 15 is 0 Å². The molecule has 1 saturated heterocycles. The molecule has 0 atom stereocenters. The van der Waals surface area contributed by atoms with E-state index in [1.54, 1.807) is 4.90 Å². The molecule has 1 amide bonds. The molecule has 2 aromatic rings. The van der Waals surface area contributed by atoms with Gasteiger partial charge in [0.25, 0.3) is 5.91 Å². The molecule has 3 aliphatic rings. The summed E-state index contributed by atoms with van der Waals surface area (Å²) in [5, 5.41) is 0. The maximum Gasteiger partial charge on any atom is 0.254 e. The first-order valence-corrected chi connectivity index (χ1v) is 8.74. The van der Waals surface area contributed by atoms with Crippen molar-refractivity contribution in [2.24, 2.45) is 0 Å². The van der Waals surface area contributed by atoms with E-state index in [1.165, 1.54) is 17.7 Å². The van der Waals surface area contributed by atoms with Crippen LogP contribution in [0.5, 0.6) is 0 Å². The zero-order valence-electron chi connectivity index (χ0n) is 13.9. The fourth-order valence-corrected chi connectivity index (χ4v) is 3.93. The Morgan fingerprint density at radius 2 is 1.96 bits per heavy atom. The number of carbonyl (C=O) groups is 1. The summed E-state index contributed by atoms with van der Waals surface area (Å²) in [4.78, 5) is 25.9. The van der Waals surface area contributed by atoms with Gasteiger partial charge >= 0.3 is 0 Å². The van der Waals surface area contributed by atoms with E-state index in [0.717, 1.165) is 60.7 Å². The molecule has 5 rings (SSSR count). The summed E-state index contributed by atoms with van der Waals surface area (Å²) in [6, 6.07) is 6.16. The van der Waals surface area contributed by atoms with Crippen LogP contribution < -0.4 is 4.90 Å². The third-order valence-electron chi connectivity index (χ3n) is 5.42. The second-order valence-electron chi connectivity index (χ2n) is 7.02. The highest BCUT2D eigenvalue weighted by atomic mass is 16.2. The van der Waals surface area contributed by atoms with E-state index in [-0.39, 0.29) is 5.91 Å². The Bertz CT molecular complexity index is 857. The predicted octanol–water partition coefficient (Wildman–Crippen LogP) is 2.43. The van der Waals surface area contributed by atoms with E-state index in [2.05, 4.69) is 17.0 Å². The highest BCUT2D eigenvalue weighted by Gasteiger charge is 2.27. The molecule has 1 aliphatic carbocycles. The number of aromatic nitrogens is 2. The van der Waals surface area contributed by atoms with Crippen molar-refractivity contribution in [2.45, 2.75) is 32.2 Å². The Balaban J connectivity index is 1.63. The topological polar surface area (TPSA) is 49.3 Å². The van der Waals surface area contributed by atoms with Gasteiger partial charge in [0, 0.05) is 49.1 Å². The quantitative estimate of drug-likeness (QED) is 0.853. The van der Waals surface area contributed by atoms with Crippen molar-refractivity contribution in [2.75, 3.05) is 25.0 Å². The highest BCUT2D eigenvalue weighted by molar-refractivity contribution is 5.98. The molecule has 5 heteroatoms. The van der Waals surface area contributed by atoms with Gasteiger partial charge in [-0.1, -0.05) is 6.07 Å². The number of hydrogen-bond donors (Lipinski definition) is 0. The highest BCUT2D eigenvalue weighted by Crippen LogP contribution is 2.34. The van der Waals surface area contributed by atoms with Crippen LogP contribution in [0, 0.1) is 0 Å². The average molecular weight is 320 g/mol. The molecule has 3 heterocycles. The Morgan fingerprint density at radius 3 is 2.75 bits per heavy atom. The van der Waals surface area contributed by atoms with Gasteiger partial charge in [0.1, 0.15) is 0 Å². The number of benzene rings is 1. The van der Waals surface area contributed by atoms with Gasteiger partial charge in [-0.2, -0.15) is 0 Å². The lowest BCUT2D eigenvalue weighted by molar-refractivity contribution is 0.0816. The maximum absolute atomic E-state index is 12.1. The average Bonchev–Trinajstić information content (AvgIpc) is 3.10. The minimum Gasteiger partial charge on any atom is -0.341 e. The molecule has 2 aliphatic heterocycles. The summed E-state index contributed by atoms with van der Waals surface area (Å²) in [5.41, 5.74) is 6.65. The van der Waals surface area contributed by atoms with Crippen LogP contribution in [-0.4, -0.2) is 40.9 Å². The standard InChI is InChI=1S/C19H20N4O/c1-22-11-13-10-12(6-7-14(13)18(22)24)17-15-4-2-5-16(15)20-19(21-17)23-8-3-9-23/h6-7,10H,2-5,8-9,11H2,1H3. The summed E-state index contributed by atoms with van der Waals surface area (Å²) >= 11 is 0. The molecule has 0 unspecified atom stereocenters. The predicted molar refractivity (Wildman–Crippen MR) is 92.1 cm³/mol. The van der Waals surface area contributed by atoms with E-state index in [9.17, 15) is 4.79 Å². The van der Waals surface area contributed by atoms with Crippen LogP contribution in [-0.2, 0) is 19.4 Å². The smallest absolute Gasteiger partial charge is 0.254 e. The van der Waals surface area contributed by atoms with Crippen LogP contribution >= 0.6 is 0 Å². The first-order valence-electron chi connectivity index (χ1n) is 8.74. The first-order chi connectivity index (χ1) is 11.7. The maximum atomic E-state index is 12.1. The molecular formula is C19H20N4O. The molecule has 24 heavy (non-hydrogen) atoms. The van der Waals surface area contributed by atoms with Crippen LogP contribution in [0.4, 0.5) is 5.95 Å². The van der Waals surface area contributed by atoms with Gasteiger partial charge in [-0.25, -0.2) is 9.97 Å². The second kappa shape index (κ2) is 5.03. The molecule has 122 valence electrons. The molecule has 0 saturated carbocycles. The van der Waals surface area contributed by atoms with Crippen LogP contribution in [0.1, 0.15) is 40.0 Å². The van der Waals surface area contributed by atoms with Gasteiger partial charge in [-0.3, -0.25) is 4.79 Å². The molecule has 0 N–H and O–H groups in total. The normalized spacial score (nSPS) is 18.6. The fraction of sp³-hybridized carbons (Fsp3) is 0.421. The van der Waals surface area contributed by atoms with Crippen molar-refractivity contribution >= 4 is 11.9 Å². The Hall–Kier alpha value is -2.43. The number of amides is 1. The molecule has 1 fully saturated rings. The molecule has 1 aromatic carbocycles. The third-order valence-corrected chi connectivity index (χ3v) is 5.42. The van der Waals surface area contributed by atoms with Gasteiger partial charge < -0.3 is 9.80 Å². The van der Waals surface area contributed by atoms with Crippen LogP contribution in [0.15, 0.2) is 18.2 Å². The van der Waals surface area contributed by atoms with Gasteiger partial charge in [0.15, 0.2) is 0 Å². The number of hydrogen-bond acceptors (Lipinski definition) is 4. The lowest BCUT2D eigenvalue weighted by Gasteiger charge is -2.31. The lowest BCUT2D eigenvalue weighted by Crippen LogP contribution is -2.38. The second-order valence-corrected chi connectivity index (χ2v) is 7.02. The van der Waals surface area contributed by atoms with Crippen LogP contribution in [0.25, 0.3) is 11.3 Å². The molecule has 0 radical (unpaired) electrons. The van der Waals surface area contributed by atoms with Crippen LogP contribution in [0.2, 0.25) is 0 Å². The van der Waals surface area contributed by atoms with Crippen molar-refractivity contribution in [3.63, 3.8) is 0 Å². The Morgan fingerprint density at radius 1 is 1.08 bits per heavy atom. The minimum absolute atomic E-state index is 0.116. The number of aryl methyl sites for hydroxylation is 1. The number of nitrogens with zero attached hydrogens (tertiary/aromatic N) is 4. The molecule has 1 aromatic heterocycles. The van der Waals surface area contributed by atoms with Crippen molar-refractivity contribution in [3.05, 3.63) is 40.6 Å². The Kier molecular flexibility index (Phi) is 2.93. The van der Waals surface area contributed by atoms with Crippen molar-refractivity contribution in [1.29, 1.82) is 0 Å². The number of fused-ring (bicyclic) bond motifs is 2. The van der Waals surface area contributed by atoms with E-state index in [0.29, 0.717) is 6.54 Å². The van der Waals surface area contributed by atoms with Crippen molar-refractivity contribution in [3.8, 4) is 11.3 Å². The molecule has 0 spiro atoms. The largest absolute Gasteiger partial charge is 0.341 e. The summed E-state index contributed by atoms with van der Waals surface area (Å²) in [5.74, 6) is 0.997. The van der Waals surface area contributed by atoms with E-state index in [4.69, 9.17) is 9.97 Å². The lowest BCUT2D eigenvalue weighted by atomic mass is 10.0. The van der Waals surface area contributed by atoms with Gasteiger partial charge in [-0.15, -0.1) is 0 Å². The molecular weight excluding hydrogens is 300 g/mol. The zero-order valence-corrected chi connectivity index (χ0v) is 13.9. The van der Waals surface area contributed by atoms with E-state index < -0.39 is 0 Å². The Labute approximate surface area is 141 Å². The monoisotopic (exact) mass is 320 g/mol. The van der Waals surface area contributed by atoms with Crippen LogP contribution in [0.3, 0.4) is 0 Å². The van der Waals surface area contributed by atoms with Gasteiger partial charge in [-0.05, 0) is 43.4 Å². The van der Waals surface area contributed by atoms with E-state index in [1.807, 2.05) is 13.1 Å². The van der Waals surface area contributed by atoms with Crippen molar-refractivity contribution in [1.82, 2.24) is 14.9 Å². The fourth-order valence-electron chi connectivity index (χ4n) is 3.93. The zero-order chi connectivity index (χ0) is 16.3. The number of carbonyl (C=O) groups excluding carboxylic acids is 1. The first kappa shape index (κ1) is 14.0. The molecule has 5 nitrogen and oxygen atoms in total. The third kappa shape index (κ3) is 1.97.